The summed E-state index contributed by atoms with van der Waals surface area (Å²) >= 11 is 0. The Morgan fingerprint density at radius 1 is 1.08 bits per heavy atom. The number of nitrogens with two attached hydrogens (primary N) is 1. The van der Waals surface area contributed by atoms with Crippen molar-refractivity contribution in [2.24, 2.45) is 5.73 Å². The Labute approximate surface area is 216 Å². The number of halogens is 3. The smallest absolute Gasteiger partial charge is 0.366 e. The highest BCUT2D eigenvalue weighted by atomic mass is 19.4. The number of likely N-dealkylation sites (N-methyl/N-ethyl adjacent to an activating group) is 1. The van der Waals surface area contributed by atoms with Gasteiger partial charge in [0, 0.05) is 57.2 Å². The van der Waals surface area contributed by atoms with E-state index < -0.39 is 17.6 Å². The number of rotatable bonds is 7. The van der Waals surface area contributed by atoms with E-state index in [1.165, 1.54) is 0 Å². The standard InChI is InChI=1S/C24H28F3N9O2/c1-33(17-4-7-35(8-5-17)23-29-13-16(14-30-23)24(25,26)27)22(38)19-6-9-34(19)10-11-36-20-12-15(21(28)37)2-3-18(20)31-32-36/h2-3,12-14,17,19H,4-11H2,1H3,(H2,28,37). The Morgan fingerprint density at radius 3 is 2.39 bits per heavy atom. The van der Waals surface area contributed by atoms with Crippen LogP contribution in [0.4, 0.5) is 19.1 Å². The van der Waals surface area contributed by atoms with Crippen LogP contribution in [0.25, 0.3) is 11.0 Å². The van der Waals surface area contributed by atoms with Gasteiger partial charge in [-0.2, -0.15) is 13.2 Å². The molecule has 3 aromatic rings. The molecule has 38 heavy (non-hydrogen) atoms. The fraction of sp³-hybridized carbons (Fsp3) is 0.500. The van der Waals surface area contributed by atoms with Crippen LogP contribution in [0.15, 0.2) is 30.6 Å². The predicted molar refractivity (Wildman–Crippen MR) is 131 cm³/mol. The van der Waals surface area contributed by atoms with Crippen LogP contribution in [0.2, 0.25) is 0 Å². The van der Waals surface area contributed by atoms with E-state index in [0.717, 1.165) is 25.4 Å². The molecule has 2 amide bonds. The number of hydrogen-bond donors (Lipinski definition) is 1. The van der Waals surface area contributed by atoms with Gasteiger partial charge in [-0.3, -0.25) is 14.5 Å². The van der Waals surface area contributed by atoms with Crippen molar-refractivity contribution < 1.29 is 22.8 Å². The molecule has 1 unspecified atom stereocenters. The Balaban J connectivity index is 1.14. The molecule has 1 atom stereocenters. The molecule has 2 fully saturated rings. The molecule has 2 aromatic heterocycles. The van der Waals surface area contributed by atoms with Gasteiger partial charge in [0.2, 0.25) is 17.8 Å². The molecule has 4 heterocycles. The van der Waals surface area contributed by atoms with Crippen molar-refractivity contribution in [1.82, 2.24) is 34.8 Å². The van der Waals surface area contributed by atoms with Crippen LogP contribution in [0.1, 0.15) is 35.2 Å². The van der Waals surface area contributed by atoms with E-state index in [4.69, 9.17) is 5.73 Å². The molecule has 0 spiro atoms. The average Bonchev–Trinajstić information content (AvgIpc) is 3.29. The quantitative estimate of drug-likeness (QED) is 0.487. The van der Waals surface area contributed by atoms with E-state index in [1.54, 1.807) is 27.8 Å². The molecule has 11 nitrogen and oxygen atoms in total. The molecular weight excluding hydrogens is 503 g/mol. The topological polar surface area (TPSA) is 126 Å². The number of anilines is 1. The molecule has 2 saturated heterocycles. The molecule has 0 aliphatic carbocycles. The third-order valence-electron chi connectivity index (χ3n) is 7.42. The number of alkyl halides is 3. The van der Waals surface area contributed by atoms with Crippen LogP contribution in [-0.4, -0.2) is 91.9 Å². The van der Waals surface area contributed by atoms with E-state index in [1.807, 2.05) is 11.9 Å². The third-order valence-corrected chi connectivity index (χ3v) is 7.42. The number of carbonyl (C=O) groups excluding carboxylic acids is 2. The van der Waals surface area contributed by atoms with Crippen LogP contribution in [0.3, 0.4) is 0 Å². The van der Waals surface area contributed by atoms with Gasteiger partial charge < -0.3 is 15.5 Å². The highest BCUT2D eigenvalue weighted by Gasteiger charge is 2.38. The number of benzene rings is 1. The second-order valence-electron chi connectivity index (χ2n) is 9.66. The predicted octanol–water partition coefficient (Wildman–Crippen LogP) is 1.54. The van der Waals surface area contributed by atoms with Crippen molar-refractivity contribution in [3.63, 3.8) is 0 Å². The van der Waals surface area contributed by atoms with Crippen molar-refractivity contribution in [3.8, 4) is 0 Å². The number of likely N-dealkylation sites (tertiary alicyclic amines) is 1. The van der Waals surface area contributed by atoms with Gasteiger partial charge in [-0.25, -0.2) is 14.6 Å². The number of aromatic nitrogens is 5. The second kappa shape index (κ2) is 10.2. The minimum absolute atomic E-state index is 0.0297. The second-order valence-corrected chi connectivity index (χ2v) is 9.66. The first-order valence-electron chi connectivity index (χ1n) is 12.4. The Kier molecular flexibility index (Phi) is 6.90. The first-order chi connectivity index (χ1) is 18.1. The monoisotopic (exact) mass is 531 g/mol. The number of primary amides is 1. The van der Waals surface area contributed by atoms with Crippen LogP contribution in [-0.2, 0) is 17.5 Å². The van der Waals surface area contributed by atoms with Gasteiger partial charge in [0.15, 0.2) is 0 Å². The van der Waals surface area contributed by atoms with Gasteiger partial charge in [-0.15, -0.1) is 5.10 Å². The Morgan fingerprint density at radius 2 is 1.79 bits per heavy atom. The minimum atomic E-state index is -4.47. The van der Waals surface area contributed by atoms with E-state index >= 15 is 0 Å². The number of fused-ring (bicyclic) bond motifs is 1. The fourth-order valence-electron chi connectivity index (χ4n) is 4.99. The first-order valence-corrected chi connectivity index (χ1v) is 12.4. The molecule has 14 heteroatoms. The fourth-order valence-corrected chi connectivity index (χ4v) is 4.99. The lowest BCUT2D eigenvalue weighted by molar-refractivity contribution is -0.143. The van der Waals surface area contributed by atoms with Crippen molar-refractivity contribution in [1.29, 1.82) is 0 Å². The normalized spacial score (nSPS) is 18.9. The summed E-state index contributed by atoms with van der Waals surface area (Å²) in [5, 5.41) is 8.31. The largest absolute Gasteiger partial charge is 0.419 e. The van der Waals surface area contributed by atoms with E-state index in [0.29, 0.717) is 55.6 Å². The van der Waals surface area contributed by atoms with E-state index in [9.17, 15) is 22.8 Å². The summed E-state index contributed by atoms with van der Waals surface area (Å²) in [5.74, 6) is -0.201. The molecule has 5 rings (SSSR count). The van der Waals surface area contributed by atoms with Crippen molar-refractivity contribution in [3.05, 3.63) is 41.7 Å². The summed E-state index contributed by atoms with van der Waals surface area (Å²) in [4.78, 5) is 38.3. The molecule has 1 aromatic carbocycles. The first kappa shape index (κ1) is 25.8. The van der Waals surface area contributed by atoms with Crippen LogP contribution in [0.5, 0.6) is 0 Å². The van der Waals surface area contributed by atoms with Gasteiger partial charge in [-0.1, -0.05) is 5.21 Å². The lowest BCUT2D eigenvalue weighted by atomic mass is 9.98. The highest BCUT2D eigenvalue weighted by molar-refractivity contribution is 5.96. The molecular formula is C24H28F3N9O2. The average molecular weight is 532 g/mol. The van der Waals surface area contributed by atoms with Gasteiger partial charge in [0.05, 0.1) is 23.7 Å². The van der Waals surface area contributed by atoms with Gasteiger partial charge in [0.25, 0.3) is 0 Å². The summed E-state index contributed by atoms with van der Waals surface area (Å²) in [6.07, 6.45) is -0.756. The SMILES string of the molecule is CN(C(=O)C1CCN1CCn1nnc2ccc(C(N)=O)cc21)C1CCN(c2ncc(C(F)(F)F)cn2)CC1. The maximum Gasteiger partial charge on any atom is 0.419 e. The van der Waals surface area contributed by atoms with Gasteiger partial charge in [-0.05, 0) is 37.5 Å². The van der Waals surface area contributed by atoms with Crippen molar-refractivity contribution >= 4 is 28.8 Å². The summed E-state index contributed by atoms with van der Waals surface area (Å²) in [7, 11) is 1.81. The summed E-state index contributed by atoms with van der Waals surface area (Å²) in [6, 6.07) is 4.81. The van der Waals surface area contributed by atoms with E-state index in [2.05, 4.69) is 25.2 Å². The summed E-state index contributed by atoms with van der Waals surface area (Å²) in [6.45, 7) is 3.02. The zero-order chi connectivity index (χ0) is 27.0. The molecule has 0 radical (unpaired) electrons. The lowest BCUT2D eigenvalue weighted by Gasteiger charge is -2.44. The number of nitrogens with zero attached hydrogens (tertiary/aromatic N) is 8. The zero-order valence-electron chi connectivity index (χ0n) is 20.8. The molecule has 0 saturated carbocycles. The van der Waals surface area contributed by atoms with Gasteiger partial charge in [0.1, 0.15) is 5.52 Å². The summed E-state index contributed by atoms with van der Waals surface area (Å²) < 4.78 is 40.0. The maximum atomic E-state index is 13.3. The molecule has 2 aliphatic rings. The number of hydrogen-bond acceptors (Lipinski definition) is 8. The molecule has 2 aliphatic heterocycles. The molecule has 2 N–H and O–H groups in total. The maximum absolute atomic E-state index is 13.3. The number of amides is 2. The third kappa shape index (κ3) is 5.12. The minimum Gasteiger partial charge on any atom is -0.366 e. The lowest BCUT2D eigenvalue weighted by Crippen LogP contribution is -2.59. The highest BCUT2D eigenvalue weighted by Crippen LogP contribution is 2.29. The Bertz CT molecular complexity index is 1320. The van der Waals surface area contributed by atoms with Crippen LogP contribution in [0, 0.1) is 0 Å². The zero-order valence-corrected chi connectivity index (χ0v) is 20.8. The molecule has 0 bridgehead atoms. The van der Waals surface area contributed by atoms with Crippen LogP contribution < -0.4 is 10.6 Å². The molecule has 202 valence electrons. The number of carbonyl (C=O) groups is 2. The summed E-state index contributed by atoms with van der Waals surface area (Å²) in [5.41, 5.74) is 6.28. The van der Waals surface area contributed by atoms with Crippen LogP contribution >= 0.6 is 0 Å². The van der Waals surface area contributed by atoms with Gasteiger partial charge >= 0.3 is 6.18 Å². The Hall–Kier alpha value is -3.81. The van der Waals surface area contributed by atoms with Crippen molar-refractivity contribution in [2.75, 3.05) is 38.1 Å². The van der Waals surface area contributed by atoms with E-state index in [-0.39, 0.29) is 23.9 Å². The number of piperidine rings is 1. The van der Waals surface area contributed by atoms with Crippen molar-refractivity contribution in [2.45, 2.75) is 44.1 Å².